The molecule has 2 atom stereocenters. The number of piperidine rings is 1. The minimum absolute atomic E-state index is 0. The molecule has 4 nitrogen and oxygen atoms in total. The van der Waals surface area contributed by atoms with Crippen LogP contribution in [0.3, 0.4) is 0 Å². The second-order valence-corrected chi connectivity index (χ2v) is 6.33. The van der Waals surface area contributed by atoms with Crippen molar-refractivity contribution in [1.29, 1.82) is 0 Å². The standard InChI is InChI=1S/C16H30N2O2.ClH/c1-20-16(19)14-6-4-2-3-5-7-15(14)18-12-13-8-10-17-11-9-13;/h13-15,17-18H,2-12H2,1H3;1H. The van der Waals surface area contributed by atoms with E-state index >= 15 is 0 Å². The molecule has 1 heterocycles. The summed E-state index contributed by atoms with van der Waals surface area (Å²) in [6.45, 7) is 3.33. The molecule has 0 spiro atoms. The molecule has 0 radical (unpaired) electrons. The number of methoxy groups -OCH3 is 1. The first kappa shape index (κ1) is 18.7. The number of ether oxygens (including phenoxy) is 1. The molecule has 1 aliphatic carbocycles. The molecule has 2 aliphatic rings. The van der Waals surface area contributed by atoms with Crippen molar-refractivity contribution in [3.8, 4) is 0 Å². The van der Waals surface area contributed by atoms with Crippen molar-refractivity contribution in [2.24, 2.45) is 11.8 Å². The van der Waals surface area contributed by atoms with Gasteiger partial charge in [0.15, 0.2) is 0 Å². The van der Waals surface area contributed by atoms with E-state index in [2.05, 4.69) is 10.6 Å². The molecule has 0 aromatic rings. The molecule has 1 aliphatic heterocycles. The average molecular weight is 319 g/mol. The van der Waals surface area contributed by atoms with Crippen LogP contribution in [0.1, 0.15) is 51.4 Å². The number of halogens is 1. The Morgan fingerprint density at radius 1 is 1.10 bits per heavy atom. The first-order valence-electron chi connectivity index (χ1n) is 8.33. The summed E-state index contributed by atoms with van der Waals surface area (Å²) in [6, 6.07) is 0.317. The molecule has 2 unspecified atom stereocenters. The van der Waals surface area contributed by atoms with Crippen molar-refractivity contribution in [1.82, 2.24) is 10.6 Å². The van der Waals surface area contributed by atoms with Crippen molar-refractivity contribution in [2.45, 2.75) is 57.4 Å². The van der Waals surface area contributed by atoms with Gasteiger partial charge < -0.3 is 15.4 Å². The fraction of sp³-hybridized carbons (Fsp3) is 0.938. The molecular formula is C16H31ClN2O2. The summed E-state index contributed by atoms with van der Waals surface area (Å²) >= 11 is 0. The molecule has 0 aromatic carbocycles. The van der Waals surface area contributed by atoms with Crippen LogP contribution in [0.15, 0.2) is 0 Å². The Labute approximate surface area is 135 Å². The van der Waals surface area contributed by atoms with Crippen LogP contribution in [0.25, 0.3) is 0 Å². The number of carbonyl (C=O) groups is 1. The second kappa shape index (κ2) is 10.4. The van der Waals surface area contributed by atoms with E-state index in [0.29, 0.717) is 6.04 Å². The second-order valence-electron chi connectivity index (χ2n) is 6.33. The summed E-state index contributed by atoms with van der Waals surface area (Å²) in [5, 5.41) is 7.10. The summed E-state index contributed by atoms with van der Waals surface area (Å²) < 4.78 is 5.02. The number of nitrogens with one attached hydrogen (secondary N) is 2. The van der Waals surface area contributed by atoms with Gasteiger partial charge in [0.25, 0.3) is 0 Å². The molecule has 2 N–H and O–H groups in total. The fourth-order valence-corrected chi connectivity index (χ4v) is 3.57. The maximum atomic E-state index is 12.0. The lowest BCUT2D eigenvalue weighted by Gasteiger charge is -2.31. The van der Waals surface area contributed by atoms with Crippen LogP contribution >= 0.6 is 12.4 Å². The minimum atomic E-state index is -0.0188. The fourth-order valence-electron chi connectivity index (χ4n) is 3.57. The molecular weight excluding hydrogens is 288 g/mol. The van der Waals surface area contributed by atoms with Gasteiger partial charge in [-0.15, -0.1) is 12.4 Å². The summed E-state index contributed by atoms with van der Waals surface area (Å²) in [6.07, 6.45) is 9.56. The average Bonchev–Trinajstić information content (AvgIpc) is 2.47. The first-order chi connectivity index (χ1) is 9.81. The SMILES string of the molecule is COC(=O)C1CCCCCCC1NCC1CCNCC1.Cl. The molecule has 21 heavy (non-hydrogen) atoms. The van der Waals surface area contributed by atoms with Crippen molar-refractivity contribution in [2.75, 3.05) is 26.7 Å². The first-order valence-corrected chi connectivity index (χ1v) is 8.33. The molecule has 2 rings (SSSR count). The Morgan fingerprint density at radius 2 is 1.76 bits per heavy atom. The van der Waals surface area contributed by atoms with E-state index in [1.165, 1.54) is 39.2 Å². The lowest BCUT2D eigenvalue weighted by atomic mass is 9.86. The van der Waals surface area contributed by atoms with E-state index < -0.39 is 0 Å². The third kappa shape index (κ3) is 6.13. The van der Waals surface area contributed by atoms with E-state index in [-0.39, 0.29) is 24.3 Å². The van der Waals surface area contributed by atoms with E-state index in [1.807, 2.05) is 0 Å². The van der Waals surface area contributed by atoms with Gasteiger partial charge in [0.05, 0.1) is 13.0 Å². The van der Waals surface area contributed by atoms with E-state index in [4.69, 9.17) is 4.74 Å². The van der Waals surface area contributed by atoms with Gasteiger partial charge in [0.2, 0.25) is 0 Å². The van der Waals surface area contributed by atoms with Crippen LogP contribution in [0.2, 0.25) is 0 Å². The Bertz CT molecular complexity index is 296. The lowest BCUT2D eigenvalue weighted by molar-refractivity contribution is -0.147. The zero-order chi connectivity index (χ0) is 14.2. The molecule has 0 amide bonds. The normalized spacial score (nSPS) is 28.0. The zero-order valence-corrected chi connectivity index (χ0v) is 14.1. The number of hydrogen-bond acceptors (Lipinski definition) is 4. The van der Waals surface area contributed by atoms with Crippen LogP contribution in [0.4, 0.5) is 0 Å². The van der Waals surface area contributed by atoms with Crippen molar-refractivity contribution < 1.29 is 9.53 Å². The van der Waals surface area contributed by atoms with E-state index in [1.54, 1.807) is 0 Å². The van der Waals surface area contributed by atoms with Crippen molar-refractivity contribution in [3.05, 3.63) is 0 Å². The Morgan fingerprint density at radius 3 is 2.43 bits per heavy atom. The lowest BCUT2D eigenvalue weighted by Crippen LogP contribution is -2.44. The quantitative estimate of drug-likeness (QED) is 0.782. The molecule has 1 saturated heterocycles. The smallest absolute Gasteiger partial charge is 0.310 e. The highest BCUT2D eigenvalue weighted by Crippen LogP contribution is 2.24. The summed E-state index contributed by atoms with van der Waals surface area (Å²) in [7, 11) is 1.52. The van der Waals surface area contributed by atoms with Crippen LogP contribution in [-0.2, 0) is 9.53 Å². The highest BCUT2D eigenvalue weighted by atomic mass is 35.5. The van der Waals surface area contributed by atoms with Gasteiger partial charge in [-0.25, -0.2) is 0 Å². The molecule has 1 saturated carbocycles. The van der Waals surface area contributed by atoms with Crippen LogP contribution in [-0.4, -0.2) is 38.8 Å². The van der Waals surface area contributed by atoms with Gasteiger partial charge in [-0.3, -0.25) is 4.79 Å². The van der Waals surface area contributed by atoms with E-state index in [0.717, 1.165) is 44.8 Å². The Hall–Kier alpha value is -0.320. The molecule has 2 fully saturated rings. The summed E-state index contributed by atoms with van der Waals surface area (Å²) in [4.78, 5) is 12.0. The summed E-state index contributed by atoms with van der Waals surface area (Å²) in [5.74, 6) is 0.803. The third-order valence-electron chi connectivity index (χ3n) is 4.90. The third-order valence-corrected chi connectivity index (χ3v) is 4.90. The largest absolute Gasteiger partial charge is 0.469 e. The van der Waals surface area contributed by atoms with Gasteiger partial charge in [0, 0.05) is 6.04 Å². The molecule has 5 heteroatoms. The van der Waals surface area contributed by atoms with Crippen LogP contribution in [0.5, 0.6) is 0 Å². The molecule has 0 bridgehead atoms. The van der Waals surface area contributed by atoms with E-state index in [9.17, 15) is 4.79 Å². The van der Waals surface area contributed by atoms with Gasteiger partial charge in [-0.2, -0.15) is 0 Å². The van der Waals surface area contributed by atoms with Gasteiger partial charge in [-0.05, 0) is 51.2 Å². The number of esters is 1. The number of carbonyl (C=O) groups excluding carboxylic acids is 1. The summed E-state index contributed by atoms with van der Waals surface area (Å²) in [5.41, 5.74) is 0. The predicted octanol–water partition coefficient (Wildman–Crippen LogP) is 2.51. The van der Waals surface area contributed by atoms with Crippen molar-refractivity contribution in [3.63, 3.8) is 0 Å². The van der Waals surface area contributed by atoms with Gasteiger partial charge >= 0.3 is 5.97 Å². The monoisotopic (exact) mass is 318 g/mol. The van der Waals surface area contributed by atoms with Crippen LogP contribution < -0.4 is 10.6 Å². The Balaban J connectivity index is 0.00000220. The van der Waals surface area contributed by atoms with Crippen LogP contribution in [0, 0.1) is 11.8 Å². The van der Waals surface area contributed by atoms with Gasteiger partial charge in [-0.1, -0.05) is 25.7 Å². The highest BCUT2D eigenvalue weighted by molar-refractivity contribution is 5.85. The maximum absolute atomic E-state index is 12.0. The highest BCUT2D eigenvalue weighted by Gasteiger charge is 2.30. The minimum Gasteiger partial charge on any atom is -0.469 e. The molecule has 0 aromatic heterocycles. The topological polar surface area (TPSA) is 50.4 Å². The molecule has 124 valence electrons. The number of hydrogen-bond donors (Lipinski definition) is 2. The number of rotatable bonds is 4. The zero-order valence-electron chi connectivity index (χ0n) is 13.2. The van der Waals surface area contributed by atoms with Crippen molar-refractivity contribution >= 4 is 18.4 Å². The van der Waals surface area contributed by atoms with Gasteiger partial charge in [0.1, 0.15) is 0 Å². The predicted molar refractivity (Wildman–Crippen MR) is 87.8 cm³/mol. The Kier molecular flexibility index (Phi) is 9.29. The maximum Gasteiger partial charge on any atom is 0.310 e.